The highest BCUT2D eigenvalue weighted by molar-refractivity contribution is 6.12. The molecule has 0 aliphatic heterocycles. The van der Waals surface area contributed by atoms with Crippen molar-refractivity contribution in [3.05, 3.63) is 35.4 Å². The summed E-state index contributed by atoms with van der Waals surface area (Å²) < 4.78 is 0. The number of hydrogen-bond donors (Lipinski definition) is 2. The number of nitrogens with two attached hydrogens (primary N) is 1. The van der Waals surface area contributed by atoms with Gasteiger partial charge >= 0.3 is 5.97 Å². The minimum atomic E-state index is -1.24. The van der Waals surface area contributed by atoms with Crippen molar-refractivity contribution in [2.75, 3.05) is 0 Å². The van der Waals surface area contributed by atoms with Crippen LogP contribution in [-0.2, 0) is 4.79 Å². The Morgan fingerprint density at radius 1 is 1.13 bits per heavy atom. The van der Waals surface area contributed by atoms with Gasteiger partial charge in [0, 0.05) is 11.1 Å². The van der Waals surface area contributed by atoms with E-state index in [-0.39, 0.29) is 11.1 Å². The normalized spacial score (nSPS) is 9.60. The molecule has 0 aliphatic rings. The summed E-state index contributed by atoms with van der Waals surface area (Å²) in [5.41, 5.74) is 5.14. The zero-order valence-corrected chi connectivity index (χ0v) is 7.77. The third-order valence-corrected chi connectivity index (χ3v) is 1.80. The summed E-state index contributed by atoms with van der Waals surface area (Å²) in [6.45, 7) is 0. The first-order valence-electron chi connectivity index (χ1n) is 4.16. The van der Waals surface area contributed by atoms with E-state index in [1.54, 1.807) is 12.1 Å². The Labute approximate surface area is 85.5 Å². The van der Waals surface area contributed by atoms with E-state index in [1.165, 1.54) is 12.1 Å². The standard InChI is InChI=1S/C10H9NO4/c11-10(15)7-4-2-1-3-6(7)8(12)5-9(13)14/h1-4H,5H2,(H2,11,15)(H,13,14). The molecule has 0 fully saturated rings. The summed E-state index contributed by atoms with van der Waals surface area (Å²) >= 11 is 0. The first kappa shape index (κ1) is 10.9. The van der Waals surface area contributed by atoms with Crippen LogP contribution < -0.4 is 5.73 Å². The molecule has 5 nitrogen and oxygen atoms in total. The smallest absolute Gasteiger partial charge is 0.311 e. The molecule has 0 aromatic heterocycles. The average Bonchev–Trinajstić information content (AvgIpc) is 2.16. The first-order valence-corrected chi connectivity index (χ1v) is 4.16. The van der Waals surface area contributed by atoms with Gasteiger partial charge in [-0.3, -0.25) is 14.4 Å². The van der Waals surface area contributed by atoms with Gasteiger partial charge in [-0.15, -0.1) is 0 Å². The highest BCUT2D eigenvalue weighted by Gasteiger charge is 2.16. The molecule has 0 saturated carbocycles. The number of primary amides is 1. The zero-order chi connectivity index (χ0) is 11.4. The molecule has 1 aromatic rings. The van der Waals surface area contributed by atoms with Gasteiger partial charge in [0.15, 0.2) is 5.78 Å². The first-order chi connectivity index (χ1) is 7.02. The van der Waals surface area contributed by atoms with Crippen molar-refractivity contribution in [1.29, 1.82) is 0 Å². The molecule has 0 unspecified atom stereocenters. The number of carbonyl (C=O) groups excluding carboxylic acids is 2. The van der Waals surface area contributed by atoms with Gasteiger partial charge in [-0.1, -0.05) is 18.2 Å². The highest BCUT2D eigenvalue weighted by Crippen LogP contribution is 2.10. The average molecular weight is 207 g/mol. The third-order valence-electron chi connectivity index (χ3n) is 1.80. The SMILES string of the molecule is NC(=O)c1ccccc1C(=O)CC(=O)O. The number of benzene rings is 1. The van der Waals surface area contributed by atoms with Crippen LogP contribution in [0.3, 0.4) is 0 Å². The van der Waals surface area contributed by atoms with Crippen molar-refractivity contribution in [3.63, 3.8) is 0 Å². The fourth-order valence-corrected chi connectivity index (χ4v) is 1.17. The van der Waals surface area contributed by atoms with Crippen LogP contribution in [0.1, 0.15) is 27.1 Å². The van der Waals surface area contributed by atoms with Gasteiger partial charge in [0.25, 0.3) is 0 Å². The molecule has 3 N–H and O–H groups in total. The molecule has 15 heavy (non-hydrogen) atoms. The highest BCUT2D eigenvalue weighted by atomic mass is 16.4. The van der Waals surface area contributed by atoms with Crippen LogP contribution in [0.15, 0.2) is 24.3 Å². The molecule has 0 heterocycles. The molecule has 78 valence electrons. The van der Waals surface area contributed by atoms with Gasteiger partial charge in [-0.2, -0.15) is 0 Å². The molecule has 0 atom stereocenters. The maximum absolute atomic E-state index is 11.4. The number of carboxylic acids is 1. The van der Waals surface area contributed by atoms with Crippen molar-refractivity contribution in [2.45, 2.75) is 6.42 Å². The van der Waals surface area contributed by atoms with E-state index in [4.69, 9.17) is 10.8 Å². The van der Waals surface area contributed by atoms with Gasteiger partial charge < -0.3 is 10.8 Å². The second kappa shape index (κ2) is 4.36. The molecule has 0 radical (unpaired) electrons. The minimum absolute atomic E-state index is 0.0451. The molecule has 0 saturated heterocycles. The molecular formula is C10H9NO4. The lowest BCUT2D eigenvalue weighted by atomic mass is 10.0. The number of Topliss-reactive ketones (excluding diaryl/α,β-unsaturated/α-hetero) is 1. The molecule has 0 aliphatic carbocycles. The number of carboxylic acid groups (broad SMARTS) is 1. The second-order valence-corrected chi connectivity index (χ2v) is 2.90. The van der Waals surface area contributed by atoms with Crippen molar-refractivity contribution in [3.8, 4) is 0 Å². The van der Waals surface area contributed by atoms with E-state index in [0.29, 0.717) is 0 Å². The Hall–Kier alpha value is -2.17. The molecule has 1 rings (SSSR count). The molecule has 0 bridgehead atoms. The largest absolute Gasteiger partial charge is 0.481 e. The van der Waals surface area contributed by atoms with Crippen LogP contribution in [0.2, 0.25) is 0 Å². The Bertz CT molecular complexity index is 425. The van der Waals surface area contributed by atoms with Crippen molar-refractivity contribution < 1.29 is 19.5 Å². The van der Waals surface area contributed by atoms with Crippen LogP contribution >= 0.6 is 0 Å². The van der Waals surface area contributed by atoms with E-state index >= 15 is 0 Å². The third kappa shape index (κ3) is 2.63. The lowest BCUT2D eigenvalue weighted by Crippen LogP contribution is -2.17. The van der Waals surface area contributed by atoms with E-state index in [9.17, 15) is 14.4 Å². The van der Waals surface area contributed by atoms with Crippen LogP contribution in [0.4, 0.5) is 0 Å². The molecular weight excluding hydrogens is 198 g/mol. The van der Waals surface area contributed by atoms with Crippen molar-refractivity contribution in [2.24, 2.45) is 5.73 Å². The number of ketones is 1. The van der Waals surface area contributed by atoms with Crippen LogP contribution in [0.5, 0.6) is 0 Å². The number of hydrogen-bond acceptors (Lipinski definition) is 3. The summed E-state index contributed by atoms with van der Waals surface area (Å²) in [5.74, 6) is -2.61. The Morgan fingerprint density at radius 2 is 1.67 bits per heavy atom. The lowest BCUT2D eigenvalue weighted by molar-refractivity contribution is -0.135. The van der Waals surface area contributed by atoms with Gasteiger partial charge in [-0.05, 0) is 6.07 Å². The predicted molar refractivity (Wildman–Crippen MR) is 51.5 cm³/mol. The summed E-state index contributed by atoms with van der Waals surface area (Å²) in [5, 5.41) is 8.44. The summed E-state index contributed by atoms with van der Waals surface area (Å²) in [6, 6.07) is 5.86. The van der Waals surface area contributed by atoms with E-state index in [2.05, 4.69) is 0 Å². The van der Waals surface area contributed by atoms with Crippen LogP contribution in [0.25, 0.3) is 0 Å². The van der Waals surface area contributed by atoms with E-state index in [1.807, 2.05) is 0 Å². The molecule has 5 heteroatoms. The quantitative estimate of drug-likeness (QED) is 0.553. The van der Waals surface area contributed by atoms with Crippen molar-refractivity contribution >= 4 is 17.7 Å². The second-order valence-electron chi connectivity index (χ2n) is 2.90. The fraction of sp³-hybridized carbons (Fsp3) is 0.100. The maximum Gasteiger partial charge on any atom is 0.311 e. The predicted octanol–water partition coefficient (Wildman–Crippen LogP) is 0.443. The minimum Gasteiger partial charge on any atom is -0.481 e. The van der Waals surface area contributed by atoms with Gasteiger partial charge in [-0.25, -0.2) is 0 Å². The summed E-state index contributed by atoms with van der Waals surface area (Å²) in [4.78, 5) is 32.7. The van der Waals surface area contributed by atoms with Crippen LogP contribution in [-0.4, -0.2) is 22.8 Å². The van der Waals surface area contributed by atoms with Gasteiger partial charge in [0.1, 0.15) is 6.42 Å². The summed E-state index contributed by atoms with van der Waals surface area (Å²) in [7, 11) is 0. The van der Waals surface area contributed by atoms with Gasteiger partial charge in [0.05, 0.1) is 0 Å². The Kier molecular flexibility index (Phi) is 3.17. The molecule has 1 amide bonds. The summed E-state index contributed by atoms with van der Waals surface area (Å²) in [6.07, 6.45) is -0.649. The number of carbonyl (C=O) groups is 3. The Morgan fingerprint density at radius 3 is 2.13 bits per heavy atom. The molecule has 0 spiro atoms. The lowest BCUT2D eigenvalue weighted by Gasteiger charge is -2.03. The topological polar surface area (TPSA) is 97.5 Å². The number of rotatable bonds is 4. The van der Waals surface area contributed by atoms with Crippen LogP contribution in [0, 0.1) is 0 Å². The number of aliphatic carboxylic acids is 1. The Balaban J connectivity index is 3.08. The molecule has 1 aromatic carbocycles. The zero-order valence-electron chi connectivity index (χ0n) is 7.77. The van der Waals surface area contributed by atoms with Crippen molar-refractivity contribution in [1.82, 2.24) is 0 Å². The number of amides is 1. The van der Waals surface area contributed by atoms with Gasteiger partial charge in [0.2, 0.25) is 5.91 Å². The fourth-order valence-electron chi connectivity index (χ4n) is 1.17. The monoisotopic (exact) mass is 207 g/mol. The van der Waals surface area contributed by atoms with E-state index < -0.39 is 24.1 Å². The maximum atomic E-state index is 11.4. The van der Waals surface area contributed by atoms with E-state index in [0.717, 1.165) is 0 Å².